The lowest BCUT2D eigenvalue weighted by molar-refractivity contribution is 0.550. The Hall–Kier alpha value is -1.05. The van der Waals surface area contributed by atoms with E-state index >= 15 is 0 Å². The van der Waals surface area contributed by atoms with Crippen LogP contribution in [0.15, 0.2) is 24.4 Å². The molecule has 1 unspecified atom stereocenters. The molecule has 86 valence electrons. The minimum atomic E-state index is 0.729. The fraction of sp³-hybridized carbons (Fsp3) is 0.615. The van der Waals surface area contributed by atoms with E-state index in [4.69, 9.17) is 0 Å². The maximum Gasteiger partial charge on any atom is 0.125 e. The van der Waals surface area contributed by atoms with Crippen LogP contribution in [-0.4, -0.2) is 11.5 Å². The van der Waals surface area contributed by atoms with Crippen LogP contribution in [0.2, 0.25) is 0 Å². The molecular formula is C13H24N2. The Balaban J connectivity index is 0.000000921. The average Bonchev–Trinajstić information content (AvgIpc) is 2.31. The molecule has 2 nitrogen and oxygen atoms in total. The number of rotatable bonds is 5. The van der Waals surface area contributed by atoms with Gasteiger partial charge in [-0.2, -0.15) is 0 Å². The Kier molecular flexibility index (Phi) is 8.84. The van der Waals surface area contributed by atoms with Gasteiger partial charge in [0.15, 0.2) is 0 Å². The molecule has 0 spiro atoms. The number of nitrogens with one attached hydrogen (secondary N) is 1. The van der Waals surface area contributed by atoms with Crippen LogP contribution in [0, 0.1) is 5.92 Å². The van der Waals surface area contributed by atoms with Crippen LogP contribution >= 0.6 is 0 Å². The zero-order valence-corrected chi connectivity index (χ0v) is 10.5. The van der Waals surface area contributed by atoms with Gasteiger partial charge in [0.25, 0.3) is 0 Å². The molecule has 15 heavy (non-hydrogen) atoms. The van der Waals surface area contributed by atoms with Crippen LogP contribution < -0.4 is 5.32 Å². The topological polar surface area (TPSA) is 24.9 Å². The molecule has 1 heterocycles. The molecule has 0 aliphatic carbocycles. The van der Waals surface area contributed by atoms with Gasteiger partial charge < -0.3 is 5.32 Å². The average molecular weight is 208 g/mol. The number of anilines is 1. The molecule has 0 amide bonds. The van der Waals surface area contributed by atoms with Crippen molar-refractivity contribution in [2.75, 3.05) is 11.9 Å². The van der Waals surface area contributed by atoms with Gasteiger partial charge in [-0.1, -0.05) is 40.2 Å². The zero-order chi connectivity index (χ0) is 11.5. The molecule has 1 aromatic heterocycles. The Morgan fingerprint density at radius 3 is 2.60 bits per heavy atom. The minimum absolute atomic E-state index is 0.729. The summed E-state index contributed by atoms with van der Waals surface area (Å²) in [7, 11) is 0. The van der Waals surface area contributed by atoms with Gasteiger partial charge in [-0.25, -0.2) is 4.98 Å². The smallest absolute Gasteiger partial charge is 0.125 e. The molecular weight excluding hydrogens is 184 g/mol. The van der Waals surface area contributed by atoms with E-state index in [-0.39, 0.29) is 0 Å². The van der Waals surface area contributed by atoms with Crippen LogP contribution in [0.1, 0.15) is 40.5 Å². The second kappa shape index (κ2) is 9.50. The fourth-order valence-electron chi connectivity index (χ4n) is 1.34. The summed E-state index contributed by atoms with van der Waals surface area (Å²) in [5, 5.41) is 3.32. The first-order valence-electron chi connectivity index (χ1n) is 5.97. The maximum atomic E-state index is 4.20. The van der Waals surface area contributed by atoms with E-state index < -0.39 is 0 Å². The molecule has 0 saturated heterocycles. The first-order valence-corrected chi connectivity index (χ1v) is 5.97. The second-order valence-electron chi connectivity index (χ2n) is 3.49. The number of nitrogens with zero attached hydrogens (tertiary/aromatic N) is 1. The van der Waals surface area contributed by atoms with Crippen molar-refractivity contribution in [1.29, 1.82) is 0 Å². The van der Waals surface area contributed by atoms with E-state index in [0.717, 1.165) is 18.3 Å². The third-order valence-corrected chi connectivity index (χ3v) is 2.08. The number of hydrogen-bond acceptors (Lipinski definition) is 2. The standard InChI is InChI=1S/C11H18N2.C2H6/c1-3-6-10(2)9-13-11-7-4-5-8-12-11;1-2/h4-5,7-8,10H,3,6,9H2,1-2H3,(H,12,13);1-2H3. The summed E-state index contributed by atoms with van der Waals surface area (Å²) in [5.41, 5.74) is 0. The Morgan fingerprint density at radius 1 is 1.33 bits per heavy atom. The quantitative estimate of drug-likeness (QED) is 0.792. The van der Waals surface area contributed by atoms with Crippen LogP contribution in [0.5, 0.6) is 0 Å². The summed E-state index contributed by atoms with van der Waals surface area (Å²) in [6, 6.07) is 5.93. The van der Waals surface area contributed by atoms with Gasteiger partial charge in [-0.15, -0.1) is 0 Å². The third kappa shape index (κ3) is 6.95. The molecule has 0 aromatic carbocycles. The van der Waals surface area contributed by atoms with Crippen molar-refractivity contribution in [3.8, 4) is 0 Å². The highest BCUT2D eigenvalue weighted by Crippen LogP contribution is 2.06. The maximum absolute atomic E-state index is 4.20. The Labute approximate surface area is 94.1 Å². The van der Waals surface area contributed by atoms with Gasteiger partial charge in [0.1, 0.15) is 5.82 Å². The zero-order valence-electron chi connectivity index (χ0n) is 10.5. The lowest BCUT2D eigenvalue weighted by Crippen LogP contribution is -2.11. The third-order valence-electron chi connectivity index (χ3n) is 2.08. The summed E-state index contributed by atoms with van der Waals surface area (Å²) >= 11 is 0. The predicted molar refractivity (Wildman–Crippen MR) is 68.1 cm³/mol. The van der Waals surface area contributed by atoms with Gasteiger partial charge >= 0.3 is 0 Å². The van der Waals surface area contributed by atoms with Gasteiger partial charge in [-0.3, -0.25) is 0 Å². The Morgan fingerprint density at radius 2 is 2.07 bits per heavy atom. The molecule has 1 atom stereocenters. The van der Waals surface area contributed by atoms with E-state index in [1.807, 2.05) is 38.2 Å². The lowest BCUT2D eigenvalue weighted by Gasteiger charge is -2.11. The number of aromatic nitrogens is 1. The van der Waals surface area contributed by atoms with E-state index in [1.54, 1.807) is 0 Å². The highest BCUT2D eigenvalue weighted by Gasteiger charge is 1.99. The fourth-order valence-corrected chi connectivity index (χ4v) is 1.34. The molecule has 0 fully saturated rings. The molecule has 0 aliphatic rings. The second-order valence-corrected chi connectivity index (χ2v) is 3.49. The van der Waals surface area contributed by atoms with Crippen LogP contribution in [0.25, 0.3) is 0 Å². The number of pyridine rings is 1. The highest BCUT2D eigenvalue weighted by molar-refractivity contribution is 5.32. The van der Waals surface area contributed by atoms with Crippen molar-refractivity contribution in [2.24, 2.45) is 5.92 Å². The summed E-state index contributed by atoms with van der Waals surface area (Å²) in [6.07, 6.45) is 4.34. The normalized spacial score (nSPS) is 11.2. The van der Waals surface area contributed by atoms with Gasteiger partial charge in [0, 0.05) is 12.7 Å². The van der Waals surface area contributed by atoms with Crippen molar-refractivity contribution in [3.63, 3.8) is 0 Å². The summed E-state index contributed by atoms with van der Waals surface area (Å²) in [6.45, 7) is 9.50. The van der Waals surface area contributed by atoms with Crippen molar-refractivity contribution in [3.05, 3.63) is 24.4 Å². The molecule has 2 heteroatoms. The molecule has 0 saturated carbocycles. The van der Waals surface area contributed by atoms with Crippen LogP contribution in [0.3, 0.4) is 0 Å². The Bertz CT molecular complexity index is 221. The summed E-state index contributed by atoms with van der Waals surface area (Å²) < 4.78 is 0. The first-order chi connectivity index (χ1) is 7.33. The molecule has 1 aromatic rings. The van der Waals surface area contributed by atoms with E-state index in [0.29, 0.717) is 0 Å². The van der Waals surface area contributed by atoms with Gasteiger partial charge in [0.2, 0.25) is 0 Å². The first kappa shape index (κ1) is 13.9. The SMILES string of the molecule is CC.CCCC(C)CNc1ccccn1. The molecule has 0 radical (unpaired) electrons. The van der Waals surface area contributed by atoms with Crippen LogP contribution in [-0.2, 0) is 0 Å². The number of hydrogen-bond donors (Lipinski definition) is 1. The predicted octanol–water partition coefficient (Wildman–Crippen LogP) is 3.96. The van der Waals surface area contributed by atoms with Crippen molar-refractivity contribution >= 4 is 5.82 Å². The highest BCUT2D eigenvalue weighted by atomic mass is 15.0. The van der Waals surface area contributed by atoms with Crippen LogP contribution in [0.4, 0.5) is 5.82 Å². The van der Waals surface area contributed by atoms with Crippen molar-refractivity contribution < 1.29 is 0 Å². The molecule has 1 N–H and O–H groups in total. The molecule has 0 aliphatic heterocycles. The van der Waals surface area contributed by atoms with E-state index in [2.05, 4.69) is 24.1 Å². The summed E-state index contributed by atoms with van der Waals surface area (Å²) in [4.78, 5) is 4.20. The van der Waals surface area contributed by atoms with Crippen molar-refractivity contribution in [2.45, 2.75) is 40.5 Å². The van der Waals surface area contributed by atoms with Gasteiger partial charge in [-0.05, 0) is 24.5 Å². The van der Waals surface area contributed by atoms with E-state index in [1.165, 1.54) is 12.8 Å². The lowest BCUT2D eigenvalue weighted by atomic mass is 10.1. The van der Waals surface area contributed by atoms with E-state index in [9.17, 15) is 0 Å². The summed E-state index contributed by atoms with van der Waals surface area (Å²) in [5.74, 6) is 1.71. The monoisotopic (exact) mass is 208 g/mol. The molecule has 1 rings (SSSR count). The van der Waals surface area contributed by atoms with Gasteiger partial charge in [0.05, 0.1) is 0 Å². The molecule has 0 bridgehead atoms. The minimum Gasteiger partial charge on any atom is -0.370 e. The largest absolute Gasteiger partial charge is 0.370 e. The van der Waals surface area contributed by atoms with Crippen molar-refractivity contribution in [1.82, 2.24) is 4.98 Å².